The molecule has 1 unspecified atom stereocenters. The summed E-state index contributed by atoms with van der Waals surface area (Å²) in [4.78, 5) is 25.0. The molecule has 122 valence electrons. The third kappa shape index (κ3) is 3.02. The van der Waals surface area contributed by atoms with E-state index in [4.69, 9.17) is 14.9 Å². The van der Waals surface area contributed by atoms with Crippen LogP contribution in [-0.2, 0) is 4.74 Å². The highest BCUT2D eigenvalue weighted by Gasteiger charge is 2.28. The average Bonchev–Trinajstić information content (AvgIpc) is 3.11. The van der Waals surface area contributed by atoms with Crippen molar-refractivity contribution in [2.24, 2.45) is 5.73 Å². The van der Waals surface area contributed by atoms with Crippen LogP contribution in [0.15, 0.2) is 22.6 Å². The molecule has 1 saturated heterocycles. The molecule has 1 aliphatic heterocycles. The molecule has 1 aliphatic rings. The first-order valence-electron chi connectivity index (χ1n) is 7.69. The summed E-state index contributed by atoms with van der Waals surface area (Å²) in [5, 5.41) is 0.875. The summed E-state index contributed by atoms with van der Waals surface area (Å²) < 4.78 is 10.9. The SMILES string of the molecule is Cc1cc2cc(C(=O)OCC3CCCN3C(N)=O)oc2cc1C. The van der Waals surface area contributed by atoms with Gasteiger partial charge in [0.15, 0.2) is 0 Å². The fourth-order valence-corrected chi connectivity index (χ4v) is 2.95. The Balaban J connectivity index is 1.70. The minimum absolute atomic E-state index is 0.136. The van der Waals surface area contributed by atoms with Gasteiger partial charge in [-0.15, -0.1) is 0 Å². The standard InChI is InChI=1S/C17H20N2O4/c1-10-6-12-8-15(23-14(12)7-11(10)2)16(20)22-9-13-4-3-5-19(13)17(18)21/h6-8,13H,3-5,9H2,1-2H3,(H2,18,21). The molecular formula is C17H20N2O4. The van der Waals surface area contributed by atoms with Crippen molar-refractivity contribution >= 4 is 23.0 Å². The lowest BCUT2D eigenvalue weighted by molar-refractivity contribution is 0.0390. The number of primary amides is 1. The van der Waals surface area contributed by atoms with Gasteiger partial charge in [-0.3, -0.25) is 0 Å². The van der Waals surface area contributed by atoms with Crippen LogP contribution in [0.25, 0.3) is 11.0 Å². The summed E-state index contributed by atoms with van der Waals surface area (Å²) in [6, 6.07) is 4.96. The van der Waals surface area contributed by atoms with Crippen LogP contribution in [0.2, 0.25) is 0 Å². The van der Waals surface area contributed by atoms with Gasteiger partial charge in [-0.2, -0.15) is 0 Å². The van der Waals surface area contributed by atoms with E-state index < -0.39 is 12.0 Å². The molecule has 2 amide bonds. The molecule has 6 nitrogen and oxygen atoms in total. The van der Waals surface area contributed by atoms with Gasteiger partial charge in [-0.05, 0) is 56.0 Å². The molecule has 0 spiro atoms. The van der Waals surface area contributed by atoms with Crippen molar-refractivity contribution in [2.75, 3.05) is 13.2 Å². The van der Waals surface area contributed by atoms with Crippen molar-refractivity contribution in [1.29, 1.82) is 0 Å². The number of fused-ring (bicyclic) bond motifs is 1. The van der Waals surface area contributed by atoms with E-state index in [0.29, 0.717) is 12.1 Å². The Kier molecular flexibility index (Phi) is 3.98. The van der Waals surface area contributed by atoms with Crippen LogP contribution in [0.4, 0.5) is 4.79 Å². The number of furan rings is 1. The molecular weight excluding hydrogens is 296 g/mol. The van der Waals surface area contributed by atoms with Gasteiger partial charge in [0, 0.05) is 11.9 Å². The summed E-state index contributed by atoms with van der Waals surface area (Å²) >= 11 is 0. The van der Waals surface area contributed by atoms with Gasteiger partial charge in [-0.25, -0.2) is 9.59 Å². The van der Waals surface area contributed by atoms with E-state index in [9.17, 15) is 9.59 Å². The van der Waals surface area contributed by atoms with Crippen LogP contribution in [0, 0.1) is 13.8 Å². The second-order valence-corrected chi connectivity index (χ2v) is 6.01. The maximum atomic E-state index is 12.2. The maximum Gasteiger partial charge on any atom is 0.374 e. The minimum atomic E-state index is -0.521. The van der Waals surface area contributed by atoms with Crippen LogP contribution in [0.1, 0.15) is 34.5 Å². The highest BCUT2D eigenvalue weighted by Crippen LogP contribution is 2.24. The number of carbonyl (C=O) groups is 2. The van der Waals surface area contributed by atoms with E-state index in [2.05, 4.69) is 0 Å². The lowest BCUT2D eigenvalue weighted by Crippen LogP contribution is -2.41. The van der Waals surface area contributed by atoms with Crippen molar-refractivity contribution < 1.29 is 18.7 Å². The molecule has 1 atom stereocenters. The van der Waals surface area contributed by atoms with Crippen LogP contribution in [0.5, 0.6) is 0 Å². The number of rotatable bonds is 3. The summed E-state index contributed by atoms with van der Waals surface area (Å²) in [6.45, 7) is 4.75. The van der Waals surface area contributed by atoms with E-state index in [0.717, 1.165) is 29.4 Å². The van der Waals surface area contributed by atoms with E-state index in [-0.39, 0.29) is 18.4 Å². The Morgan fingerprint density at radius 1 is 1.30 bits per heavy atom. The largest absolute Gasteiger partial charge is 0.458 e. The first-order chi connectivity index (χ1) is 11.0. The number of ether oxygens (including phenoxy) is 1. The molecule has 2 heterocycles. The van der Waals surface area contributed by atoms with Crippen LogP contribution in [0.3, 0.4) is 0 Å². The van der Waals surface area contributed by atoms with Crippen LogP contribution < -0.4 is 5.73 Å². The Morgan fingerprint density at radius 3 is 2.78 bits per heavy atom. The van der Waals surface area contributed by atoms with Crippen molar-refractivity contribution in [3.05, 3.63) is 35.1 Å². The molecule has 1 aromatic carbocycles. The van der Waals surface area contributed by atoms with Crippen LogP contribution in [-0.4, -0.2) is 36.1 Å². The zero-order valence-corrected chi connectivity index (χ0v) is 13.3. The number of amides is 2. The number of nitrogens with zero attached hydrogens (tertiary/aromatic N) is 1. The topological polar surface area (TPSA) is 85.8 Å². The van der Waals surface area contributed by atoms with Crippen molar-refractivity contribution in [2.45, 2.75) is 32.7 Å². The summed E-state index contributed by atoms with van der Waals surface area (Å²) in [6.07, 6.45) is 1.66. The third-order valence-corrected chi connectivity index (χ3v) is 4.40. The molecule has 2 aromatic rings. The van der Waals surface area contributed by atoms with Gasteiger partial charge in [0.2, 0.25) is 5.76 Å². The van der Waals surface area contributed by atoms with E-state index in [1.54, 1.807) is 11.0 Å². The van der Waals surface area contributed by atoms with Gasteiger partial charge >= 0.3 is 12.0 Å². The van der Waals surface area contributed by atoms with Crippen LogP contribution >= 0.6 is 0 Å². The molecule has 0 bridgehead atoms. The average molecular weight is 316 g/mol. The number of aryl methyl sites for hydroxylation is 2. The maximum absolute atomic E-state index is 12.2. The Morgan fingerprint density at radius 2 is 2.04 bits per heavy atom. The van der Waals surface area contributed by atoms with Gasteiger partial charge in [0.1, 0.15) is 12.2 Å². The quantitative estimate of drug-likeness (QED) is 0.882. The first-order valence-corrected chi connectivity index (χ1v) is 7.69. The zero-order chi connectivity index (χ0) is 16.6. The summed E-state index contributed by atoms with van der Waals surface area (Å²) in [5.74, 6) is -0.346. The molecule has 0 saturated carbocycles. The lowest BCUT2D eigenvalue weighted by atomic mass is 10.1. The molecule has 1 aromatic heterocycles. The summed E-state index contributed by atoms with van der Waals surface area (Å²) in [7, 11) is 0. The minimum Gasteiger partial charge on any atom is -0.458 e. The highest BCUT2D eigenvalue weighted by molar-refractivity contribution is 5.93. The number of nitrogens with two attached hydrogens (primary N) is 1. The molecule has 0 radical (unpaired) electrons. The number of carbonyl (C=O) groups excluding carboxylic acids is 2. The zero-order valence-electron chi connectivity index (χ0n) is 13.3. The van der Waals surface area contributed by atoms with Crippen molar-refractivity contribution in [1.82, 2.24) is 4.90 Å². The van der Waals surface area contributed by atoms with Gasteiger partial charge in [0.25, 0.3) is 0 Å². The second-order valence-electron chi connectivity index (χ2n) is 6.01. The summed E-state index contributed by atoms with van der Waals surface area (Å²) in [5.41, 5.74) is 8.23. The smallest absolute Gasteiger partial charge is 0.374 e. The molecule has 3 rings (SSSR count). The Labute approximate surface area is 134 Å². The van der Waals surface area contributed by atoms with E-state index in [1.165, 1.54) is 0 Å². The number of likely N-dealkylation sites (tertiary alicyclic amines) is 1. The highest BCUT2D eigenvalue weighted by atomic mass is 16.5. The van der Waals surface area contributed by atoms with Crippen molar-refractivity contribution in [3.63, 3.8) is 0 Å². The molecule has 23 heavy (non-hydrogen) atoms. The predicted octanol–water partition coefficient (Wildman–Crippen LogP) is 2.75. The monoisotopic (exact) mass is 316 g/mol. The number of urea groups is 1. The van der Waals surface area contributed by atoms with Crippen molar-refractivity contribution in [3.8, 4) is 0 Å². The molecule has 2 N–H and O–H groups in total. The van der Waals surface area contributed by atoms with Gasteiger partial charge < -0.3 is 19.8 Å². The number of hydrogen-bond donors (Lipinski definition) is 1. The second kappa shape index (κ2) is 5.95. The third-order valence-electron chi connectivity index (χ3n) is 4.40. The normalized spacial score (nSPS) is 17.7. The first kappa shape index (κ1) is 15.4. The number of benzene rings is 1. The molecule has 6 heteroatoms. The Bertz CT molecular complexity index is 726. The fourth-order valence-electron chi connectivity index (χ4n) is 2.95. The number of hydrogen-bond acceptors (Lipinski definition) is 4. The molecule has 1 fully saturated rings. The fraction of sp³-hybridized carbons (Fsp3) is 0.412. The van der Waals surface area contributed by atoms with E-state index >= 15 is 0 Å². The molecule has 0 aliphatic carbocycles. The Hall–Kier alpha value is -2.50. The predicted molar refractivity (Wildman–Crippen MR) is 85.3 cm³/mol. The number of esters is 1. The van der Waals surface area contributed by atoms with E-state index in [1.807, 2.05) is 26.0 Å². The van der Waals surface area contributed by atoms with Gasteiger partial charge in [-0.1, -0.05) is 0 Å². The van der Waals surface area contributed by atoms with Gasteiger partial charge in [0.05, 0.1) is 6.04 Å². The lowest BCUT2D eigenvalue weighted by Gasteiger charge is -2.21.